The van der Waals surface area contributed by atoms with Gasteiger partial charge in [-0.05, 0) is 71.7 Å². The smallest absolute Gasteiger partial charge is 0.173 e. The Morgan fingerprint density at radius 1 is 1.35 bits per heavy atom. The number of Topliss-reactive ketones (excluding diaryl/α,β-unsaturated/α-hetero) is 1. The van der Waals surface area contributed by atoms with Crippen LogP contribution in [0.3, 0.4) is 0 Å². The van der Waals surface area contributed by atoms with Crippen LogP contribution < -0.4 is 0 Å². The summed E-state index contributed by atoms with van der Waals surface area (Å²) < 4.78 is 0.944. The molecular formula is C16H13ClINO. The van der Waals surface area contributed by atoms with Gasteiger partial charge in [0.25, 0.3) is 0 Å². The van der Waals surface area contributed by atoms with Gasteiger partial charge in [0.05, 0.1) is 11.6 Å². The maximum atomic E-state index is 12.8. The monoisotopic (exact) mass is 397 g/mol. The van der Waals surface area contributed by atoms with Gasteiger partial charge in [0.2, 0.25) is 0 Å². The molecule has 1 aromatic heterocycles. The Balaban J connectivity index is 2.02. The third kappa shape index (κ3) is 2.61. The predicted molar refractivity (Wildman–Crippen MR) is 88.4 cm³/mol. The fourth-order valence-corrected chi connectivity index (χ4v) is 3.51. The van der Waals surface area contributed by atoms with Gasteiger partial charge in [0.1, 0.15) is 0 Å². The molecule has 1 aromatic carbocycles. The molecule has 2 aromatic rings. The van der Waals surface area contributed by atoms with Gasteiger partial charge in [0, 0.05) is 20.4 Å². The van der Waals surface area contributed by atoms with Crippen molar-refractivity contribution in [2.75, 3.05) is 0 Å². The van der Waals surface area contributed by atoms with Crippen LogP contribution in [0.2, 0.25) is 5.02 Å². The van der Waals surface area contributed by atoms with E-state index in [1.807, 2.05) is 18.2 Å². The highest BCUT2D eigenvalue weighted by Gasteiger charge is 2.29. The fourth-order valence-electron chi connectivity index (χ4n) is 2.74. The van der Waals surface area contributed by atoms with Crippen molar-refractivity contribution in [2.45, 2.75) is 25.2 Å². The van der Waals surface area contributed by atoms with Crippen molar-refractivity contribution in [3.8, 4) is 0 Å². The second kappa shape index (κ2) is 5.82. The number of aryl methyl sites for hydroxylation is 1. The second-order valence-electron chi connectivity index (χ2n) is 4.98. The summed E-state index contributed by atoms with van der Waals surface area (Å²) in [5.41, 5.74) is 2.86. The number of fused-ring (bicyclic) bond motifs is 1. The summed E-state index contributed by atoms with van der Waals surface area (Å²) in [6.45, 7) is 0. The Kier molecular flexibility index (Phi) is 4.08. The van der Waals surface area contributed by atoms with Crippen molar-refractivity contribution in [2.24, 2.45) is 0 Å². The maximum absolute atomic E-state index is 12.8. The zero-order valence-electron chi connectivity index (χ0n) is 10.8. The van der Waals surface area contributed by atoms with E-state index in [2.05, 4.69) is 33.6 Å². The molecule has 0 spiro atoms. The number of nitrogens with zero attached hydrogens (tertiary/aromatic N) is 1. The first kappa shape index (κ1) is 14.0. The lowest BCUT2D eigenvalue weighted by atomic mass is 9.82. The quantitative estimate of drug-likeness (QED) is 0.546. The van der Waals surface area contributed by atoms with E-state index in [-0.39, 0.29) is 11.7 Å². The highest BCUT2D eigenvalue weighted by molar-refractivity contribution is 14.1. The van der Waals surface area contributed by atoms with Crippen molar-refractivity contribution < 1.29 is 4.79 Å². The van der Waals surface area contributed by atoms with Crippen LogP contribution >= 0.6 is 34.2 Å². The summed E-state index contributed by atoms with van der Waals surface area (Å²) in [7, 11) is 0. The van der Waals surface area contributed by atoms with E-state index >= 15 is 0 Å². The van der Waals surface area contributed by atoms with Gasteiger partial charge in [-0.2, -0.15) is 0 Å². The normalized spacial score (nSPS) is 17.6. The molecule has 1 heterocycles. The Morgan fingerprint density at radius 2 is 2.20 bits per heavy atom. The molecule has 3 rings (SSSR count). The summed E-state index contributed by atoms with van der Waals surface area (Å²) >= 11 is 8.22. The van der Waals surface area contributed by atoms with Crippen LogP contribution in [0.25, 0.3) is 0 Å². The van der Waals surface area contributed by atoms with Crippen molar-refractivity contribution in [1.29, 1.82) is 0 Å². The molecule has 1 aliphatic rings. The summed E-state index contributed by atoms with van der Waals surface area (Å²) in [5.74, 6) is 0.00322. The van der Waals surface area contributed by atoms with E-state index < -0.39 is 0 Å². The second-order valence-corrected chi connectivity index (χ2v) is 6.58. The molecule has 0 bridgehead atoms. The molecule has 0 amide bonds. The van der Waals surface area contributed by atoms with E-state index in [1.165, 1.54) is 5.56 Å². The molecule has 4 heteroatoms. The van der Waals surface area contributed by atoms with Crippen LogP contribution in [0, 0.1) is 3.57 Å². The van der Waals surface area contributed by atoms with Crippen molar-refractivity contribution in [3.05, 3.63) is 61.9 Å². The molecule has 0 saturated carbocycles. The molecule has 20 heavy (non-hydrogen) atoms. The Morgan fingerprint density at radius 3 is 3.05 bits per heavy atom. The van der Waals surface area contributed by atoms with Crippen molar-refractivity contribution in [1.82, 2.24) is 4.98 Å². The van der Waals surface area contributed by atoms with Crippen LogP contribution in [-0.4, -0.2) is 10.8 Å². The number of carbonyl (C=O) groups excluding carboxylic acids is 1. The third-order valence-corrected chi connectivity index (χ3v) is 4.88. The highest BCUT2D eigenvalue weighted by Crippen LogP contribution is 2.34. The molecule has 2 nitrogen and oxygen atoms in total. The summed E-state index contributed by atoms with van der Waals surface area (Å²) in [6.07, 6.45) is 4.69. The molecule has 1 unspecified atom stereocenters. The first-order valence-corrected chi connectivity index (χ1v) is 8.05. The average Bonchev–Trinajstić information content (AvgIpc) is 2.48. The minimum absolute atomic E-state index is 0.132. The molecule has 102 valence electrons. The van der Waals surface area contributed by atoms with Gasteiger partial charge >= 0.3 is 0 Å². The lowest BCUT2D eigenvalue weighted by Crippen LogP contribution is -2.20. The van der Waals surface area contributed by atoms with Gasteiger partial charge in [-0.25, -0.2) is 0 Å². The van der Waals surface area contributed by atoms with E-state index in [0.29, 0.717) is 10.6 Å². The molecular weight excluding hydrogens is 385 g/mol. The zero-order chi connectivity index (χ0) is 14.1. The van der Waals surface area contributed by atoms with Gasteiger partial charge in [0.15, 0.2) is 5.78 Å². The van der Waals surface area contributed by atoms with Crippen LogP contribution in [0.5, 0.6) is 0 Å². The summed E-state index contributed by atoms with van der Waals surface area (Å²) in [6, 6.07) is 9.48. The minimum Gasteiger partial charge on any atom is -0.293 e. The molecule has 0 saturated heterocycles. The Labute approximate surface area is 136 Å². The third-order valence-electron chi connectivity index (χ3n) is 3.71. The molecule has 1 atom stereocenters. The first-order chi connectivity index (χ1) is 9.66. The number of halogens is 2. The maximum Gasteiger partial charge on any atom is 0.173 e. The minimum atomic E-state index is -0.132. The number of hydrogen-bond donors (Lipinski definition) is 0. The zero-order valence-corrected chi connectivity index (χ0v) is 13.7. The molecule has 1 aliphatic carbocycles. The topological polar surface area (TPSA) is 30.0 Å². The van der Waals surface area contributed by atoms with Gasteiger partial charge < -0.3 is 0 Å². The van der Waals surface area contributed by atoms with Crippen molar-refractivity contribution in [3.63, 3.8) is 0 Å². The van der Waals surface area contributed by atoms with Crippen LogP contribution in [0.4, 0.5) is 0 Å². The van der Waals surface area contributed by atoms with Crippen molar-refractivity contribution >= 4 is 40.0 Å². The number of benzene rings is 1. The number of ketones is 1. The lowest BCUT2D eigenvalue weighted by Gasteiger charge is -2.23. The fraction of sp³-hybridized carbons (Fsp3) is 0.250. The van der Waals surface area contributed by atoms with Crippen LogP contribution in [-0.2, 0) is 6.42 Å². The highest BCUT2D eigenvalue weighted by atomic mass is 127. The van der Waals surface area contributed by atoms with Crippen LogP contribution in [0.15, 0.2) is 36.5 Å². The molecule has 0 radical (unpaired) electrons. The summed E-state index contributed by atoms with van der Waals surface area (Å²) in [4.78, 5) is 17.3. The van der Waals surface area contributed by atoms with E-state index in [4.69, 9.17) is 11.6 Å². The lowest BCUT2D eigenvalue weighted by molar-refractivity contribution is 0.0948. The van der Waals surface area contributed by atoms with E-state index in [1.54, 1.807) is 12.3 Å². The average molecular weight is 398 g/mol. The van der Waals surface area contributed by atoms with Gasteiger partial charge in [-0.15, -0.1) is 0 Å². The molecule has 0 aliphatic heterocycles. The van der Waals surface area contributed by atoms with E-state index in [9.17, 15) is 4.79 Å². The summed E-state index contributed by atoms with van der Waals surface area (Å²) in [5, 5.41) is 0.603. The number of hydrogen-bond acceptors (Lipinski definition) is 2. The standard InChI is InChI=1S/C16H13ClINO/c17-11-6-7-14(18)13(9-11)16(20)12-5-1-3-10-4-2-8-19-15(10)12/h2,4,6-9,12H,1,3,5H2. The van der Waals surface area contributed by atoms with Gasteiger partial charge in [-0.1, -0.05) is 17.7 Å². The van der Waals surface area contributed by atoms with E-state index in [0.717, 1.165) is 28.5 Å². The number of pyridine rings is 1. The Bertz CT molecular complexity index is 671. The largest absolute Gasteiger partial charge is 0.293 e. The molecule has 0 fully saturated rings. The van der Waals surface area contributed by atoms with Crippen LogP contribution in [0.1, 0.15) is 40.4 Å². The first-order valence-electron chi connectivity index (χ1n) is 6.60. The number of rotatable bonds is 2. The van der Waals surface area contributed by atoms with Gasteiger partial charge in [-0.3, -0.25) is 9.78 Å². The predicted octanol–water partition coefficient (Wildman–Crippen LogP) is 4.64. The number of aromatic nitrogens is 1. The number of carbonyl (C=O) groups is 1. The molecule has 0 N–H and O–H groups in total. The Hall–Kier alpha value is -0.940. The SMILES string of the molecule is O=C(c1cc(Cl)ccc1I)C1CCCc2cccnc21.